The number of carbonyl (C=O) groups is 1. The van der Waals surface area contributed by atoms with Crippen molar-refractivity contribution in [2.75, 3.05) is 5.32 Å². The van der Waals surface area contributed by atoms with Gasteiger partial charge < -0.3 is 5.32 Å². The van der Waals surface area contributed by atoms with Crippen molar-refractivity contribution in [1.82, 2.24) is 9.78 Å². The molecule has 6 heteroatoms. The summed E-state index contributed by atoms with van der Waals surface area (Å²) >= 11 is 12.3. The second-order valence-electron chi connectivity index (χ2n) is 5.91. The lowest BCUT2D eigenvalue weighted by molar-refractivity contribution is -0.120. The summed E-state index contributed by atoms with van der Waals surface area (Å²) in [7, 11) is 0. The number of hydrogen-bond acceptors (Lipinski definition) is 2. The molecule has 23 heavy (non-hydrogen) atoms. The molecule has 1 aromatic carbocycles. The molecular weight excluding hydrogens is 333 g/mol. The number of carbonyl (C=O) groups excluding carboxylic acids is 1. The fourth-order valence-corrected chi connectivity index (χ4v) is 3.37. The van der Waals surface area contributed by atoms with Crippen LogP contribution in [-0.2, 0) is 11.3 Å². The number of aromatic nitrogens is 2. The molecule has 1 aromatic heterocycles. The van der Waals surface area contributed by atoms with Crippen molar-refractivity contribution in [1.29, 1.82) is 0 Å². The second kappa shape index (κ2) is 7.37. The van der Waals surface area contributed by atoms with Crippen LogP contribution in [0.5, 0.6) is 0 Å². The van der Waals surface area contributed by atoms with Gasteiger partial charge in [0.2, 0.25) is 5.91 Å². The van der Waals surface area contributed by atoms with Crippen LogP contribution in [0.25, 0.3) is 0 Å². The van der Waals surface area contributed by atoms with Crippen LogP contribution in [0.15, 0.2) is 30.5 Å². The summed E-state index contributed by atoms with van der Waals surface area (Å²) in [6.07, 6.45) is 7.12. The minimum atomic E-state index is 0.0867. The van der Waals surface area contributed by atoms with Crippen molar-refractivity contribution in [3.05, 3.63) is 46.1 Å². The first-order valence-corrected chi connectivity index (χ1v) is 8.66. The highest BCUT2D eigenvalue weighted by Gasteiger charge is 2.22. The van der Waals surface area contributed by atoms with E-state index in [1.54, 1.807) is 23.0 Å². The normalized spacial score (nSPS) is 15.6. The van der Waals surface area contributed by atoms with Crippen molar-refractivity contribution in [2.45, 2.75) is 38.6 Å². The molecular formula is C17H19Cl2N3O. The first-order chi connectivity index (χ1) is 11.1. The maximum Gasteiger partial charge on any atom is 0.228 e. The average molecular weight is 352 g/mol. The molecule has 122 valence electrons. The van der Waals surface area contributed by atoms with Gasteiger partial charge in [0.05, 0.1) is 22.8 Å². The SMILES string of the molecule is O=C(Nc1ccnn1Cc1cccc(Cl)c1Cl)C1CCCCC1. The van der Waals surface area contributed by atoms with Crippen molar-refractivity contribution in [2.24, 2.45) is 5.92 Å². The van der Waals surface area contributed by atoms with Crippen LogP contribution < -0.4 is 5.32 Å². The number of anilines is 1. The first-order valence-electron chi connectivity index (χ1n) is 7.90. The zero-order valence-corrected chi connectivity index (χ0v) is 14.3. The van der Waals surface area contributed by atoms with Gasteiger partial charge in [-0.05, 0) is 24.5 Å². The fraction of sp³-hybridized carbons (Fsp3) is 0.412. The number of nitrogens with one attached hydrogen (secondary N) is 1. The highest BCUT2D eigenvalue weighted by atomic mass is 35.5. The average Bonchev–Trinajstić information content (AvgIpc) is 2.99. The standard InChI is InChI=1S/C17H19Cl2N3O/c18-14-8-4-7-13(16(14)19)11-22-15(9-10-20-22)21-17(23)12-5-2-1-3-6-12/h4,7-10,12H,1-3,5-6,11H2,(H,21,23). The van der Waals surface area contributed by atoms with Gasteiger partial charge in [-0.15, -0.1) is 0 Å². The molecule has 1 saturated carbocycles. The summed E-state index contributed by atoms with van der Waals surface area (Å²) in [6.45, 7) is 0.465. The van der Waals surface area contributed by atoms with Crippen LogP contribution in [0.1, 0.15) is 37.7 Å². The number of hydrogen-bond donors (Lipinski definition) is 1. The fourth-order valence-electron chi connectivity index (χ4n) is 2.99. The summed E-state index contributed by atoms with van der Waals surface area (Å²) in [4.78, 5) is 12.4. The van der Waals surface area contributed by atoms with Gasteiger partial charge in [0.1, 0.15) is 5.82 Å². The van der Waals surface area contributed by atoms with E-state index in [4.69, 9.17) is 23.2 Å². The molecule has 0 saturated heterocycles. The van der Waals surface area contributed by atoms with Gasteiger partial charge in [0.15, 0.2) is 0 Å². The third-order valence-corrected chi connectivity index (χ3v) is 5.15. The van der Waals surface area contributed by atoms with Crippen LogP contribution in [0, 0.1) is 5.92 Å². The zero-order chi connectivity index (χ0) is 16.2. The van der Waals surface area contributed by atoms with E-state index in [9.17, 15) is 4.79 Å². The smallest absolute Gasteiger partial charge is 0.228 e. The molecule has 1 fully saturated rings. The van der Waals surface area contributed by atoms with Gasteiger partial charge in [-0.2, -0.15) is 5.10 Å². The predicted octanol–water partition coefficient (Wildman–Crippen LogP) is 4.76. The molecule has 1 aliphatic rings. The molecule has 1 N–H and O–H groups in total. The Balaban J connectivity index is 1.72. The Bertz CT molecular complexity index is 693. The minimum Gasteiger partial charge on any atom is -0.311 e. The number of amides is 1. The zero-order valence-electron chi connectivity index (χ0n) is 12.8. The van der Waals surface area contributed by atoms with E-state index in [-0.39, 0.29) is 11.8 Å². The van der Waals surface area contributed by atoms with E-state index in [1.165, 1.54) is 6.42 Å². The summed E-state index contributed by atoms with van der Waals surface area (Å²) in [6, 6.07) is 7.32. The quantitative estimate of drug-likeness (QED) is 0.863. The van der Waals surface area contributed by atoms with Crippen LogP contribution in [-0.4, -0.2) is 15.7 Å². The van der Waals surface area contributed by atoms with Gasteiger partial charge in [-0.25, -0.2) is 4.68 Å². The molecule has 0 spiro atoms. The maximum absolute atomic E-state index is 12.4. The summed E-state index contributed by atoms with van der Waals surface area (Å²) < 4.78 is 1.73. The predicted molar refractivity (Wildman–Crippen MR) is 93.0 cm³/mol. The topological polar surface area (TPSA) is 46.9 Å². The molecule has 3 rings (SSSR count). The summed E-state index contributed by atoms with van der Waals surface area (Å²) in [5, 5.41) is 8.32. The summed E-state index contributed by atoms with van der Waals surface area (Å²) in [5.41, 5.74) is 0.871. The van der Waals surface area contributed by atoms with E-state index in [0.717, 1.165) is 31.2 Å². The Labute approximate surface area is 145 Å². The molecule has 0 atom stereocenters. The van der Waals surface area contributed by atoms with Crippen molar-refractivity contribution in [3.8, 4) is 0 Å². The second-order valence-corrected chi connectivity index (χ2v) is 6.70. The third kappa shape index (κ3) is 3.88. The molecule has 1 heterocycles. The Morgan fingerprint density at radius 1 is 1.22 bits per heavy atom. The Morgan fingerprint density at radius 3 is 2.78 bits per heavy atom. The Morgan fingerprint density at radius 2 is 2.00 bits per heavy atom. The Kier molecular flexibility index (Phi) is 5.23. The minimum absolute atomic E-state index is 0.0867. The molecule has 1 amide bonds. The lowest BCUT2D eigenvalue weighted by atomic mass is 9.89. The molecule has 0 bridgehead atoms. The number of nitrogens with zero attached hydrogens (tertiary/aromatic N) is 2. The molecule has 1 aliphatic carbocycles. The van der Waals surface area contributed by atoms with Gasteiger partial charge in [0.25, 0.3) is 0 Å². The first kappa shape index (κ1) is 16.3. The highest BCUT2D eigenvalue weighted by molar-refractivity contribution is 6.42. The van der Waals surface area contributed by atoms with Gasteiger partial charge in [-0.1, -0.05) is 54.6 Å². The van der Waals surface area contributed by atoms with Crippen molar-refractivity contribution in [3.63, 3.8) is 0 Å². The lowest BCUT2D eigenvalue weighted by Gasteiger charge is -2.21. The van der Waals surface area contributed by atoms with Crippen LogP contribution in [0.3, 0.4) is 0 Å². The van der Waals surface area contributed by atoms with Crippen LogP contribution in [0.2, 0.25) is 10.0 Å². The molecule has 0 aliphatic heterocycles. The largest absolute Gasteiger partial charge is 0.311 e. The van der Waals surface area contributed by atoms with Gasteiger partial charge in [0, 0.05) is 12.0 Å². The van der Waals surface area contributed by atoms with Crippen molar-refractivity contribution < 1.29 is 4.79 Å². The maximum atomic E-state index is 12.4. The van der Waals surface area contributed by atoms with E-state index in [0.29, 0.717) is 22.4 Å². The van der Waals surface area contributed by atoms with Gasteiger partial charge >= 0.3 is 0 Å². The van der Waals surface area contributed by atoms with Gasteiger partial charge in [-0.3, -0.25) is 4.79 Å². The van der Waals surface area contributed by atoms with Crippen molar-refractivity contribution >= 4 is 34.9 Å². The van der Waals surface area contributed by atoms with Crippen LogP contribution in [0.4, 0.5) is 5.82 Å². The highest BCUT2D eigenvalue weighted by Crippen LogP contribution is 2.27. The number of benzene rings is 1. The van der Waals surface area contributed by atoms with E-state index in [2.05, 4.69) is 10.4 Å². The molecule has 0 unspecified atom stereocenters. The monoisotopic (exact) mass is 351 g/mol. The molecule has 2 aromatic rings. The number of halogens is 2. The molecule has 4 nitrogen and oxygen atoms in total. The molecule has 0 radical (unpaired) electrons. The Hall–Kier alpha value is -1.52. The third-order valence-electron chi connectivity index (χ3n) is 4.30. The lowest BCUT2D eigenvalue weighted by Crippen LogP contribution is -2.26. The summed E-state index contributed by atoms with van der Waals surface area (Å²) in [5.74, 6) is 0.891. The van der Waals surface area contributed by atoms with E-state index >= 15 is 0 Å². The number of rotatable bonds is 4. The van der Waals surface area contributed by atoms with E-state index < -0.39 is 0 Å². The van der Waals surface area contributed by atoms with E-state index in [1.807, 2.05) is 12.1 Å². The van der Waals surface area contributed by atoms with Crippen LogP contribution >= 0.6 is 23.2 Å².